The van der Waals surface area contributed by atoms with Gasteiger partial charge in [-0.05, 0) is 37.8 Å². The van der Waals surface area contributed by atoms with Gasteiger partial charge in [-0.3, -0.25) is 4.79 Å². The van der Waals surface area contributed by atoms with Crippen molar-refractivity contribution in [3.8, 4) is 0 Å². The number of hydrogen-bond donors (Lipinski definition) is 1. The van der Waals surface area contributed by atoms with Crippen molar-refractivity contribution in [1.82, 2.24) is 9.62 Å². The average molecular weight is 401 g/mol. The Morgan fingerprint density at radius 2 is 1.71 bits per heavy atom. The second kappa shape index (κ2) is 8.88. The number of benzene rings is 2. The highest BCUT2D eigenvalue weighted by Crippen LogP contribution is 2.26. The van der Waals surface area contributed by atoms with Crippen LogP contribution in [0.2, 0.25) is 0 Å². The molecular weight excluding hydrogens is 372 g/mol. The van der Waals surface area contributed by atoms with E-state index >= 15 is 0 Å². The summed E-state index contributed by atoms with van der Waals surface area (Å²) in [6.07, 6.45) is 1.11. The van der Waals surface area contributed by atoms with Crippen molar-refractivity contribution in [2.75, 3.05) is 18.8 Å². The summed E-state index contributed by atoms with van der Waals surface area (Å²) >= 11 is 0. The van der Waals surface area contributed by atoms with Crippen LogP contribution in [0.15, 0.2) is 54.6 Å². The van der Waals surface area contributed by atoms with Gasteiger partial charge >= 0.3 is 0 Å². The monoisotopic (exact) mass is 400 g/mol. The molecule has 1 amide bonds. The van der Waals surface area contributed by atoms with E-state index in [9.17, 15) is 13.2 Å². The molecule has 0 aliphatic carbocycles. The molecule has 28 heavy (non-hydrogen) atoms. The smallest absolute Gasteiger partial charge is 0.223 e. The van der Waals surface area contributed by atoms with Crippen LogP contribution in [0.3, 0.4) is 0 Å². The zero-order chi connectivity index (χ0) is 20.1. The molecule has 5 nitrogen and oxygen atoms in total. The Labute approximate surface area is 167 Å². The molecule has 1 heterocycles. The Kier molecular flexibility index (Phi) is 6.52. The molecule has 0 radical (unpaired) electrons. The fourth-order valence-corrected chi connectivity index (χ4v) is 4.83. The molecule has 1 N–H and O–H groups in total. The van der Waals surface area contributed by atoms with Crippen LogP contribution in [-0.4, -0.2) is 37.5 Å². The minimum absolute atomic E-state index is 0.0103. The van der Waals surface area contributed by atoms with Crippen molar-refractivity contribution >= 4 is 15.9 Å². The lowest BCUT2D eigenvalue weighted by atomic mass is 9.93. The van der Waals surface area contributed by atoms with Crippen LogP contribution in [-0.2, 0) is 14.8 Å². The molecule has 1 fully saturated rings. The van der Waals surface area contributed by atoms with Crippen molar-refractivity contribution in [2.45, 2.75) is 32.7 Å². The first-order valence-electron chi connectivity index (χ1n) is 9.80. The van der Waals surface area contributed by atoms with Gasteiger partial charge in [0.25, 0.3) is 0 Å². The molecule has 1 saturated heterocycles. The number of carbonyl (C=O) groups excluding carboxylic acids is 1. The summed E-state index contributed by atoms with van der Waals surface area (Å²) in [5.74, 6) is -0.0731. The van der Waals surface area contributed by atoms with Gasteiger partial charge in [0.1, 0.15) is 0 Å². The fraction of sp³-hybridized carbons (Fsp3) is 0.409. The van der Waals surface area contributed by atoms with E-state index in [-0.39, 0.29) is 23.6 Å². The molecule has 1 aliphatic heterocycles. The first-order valence-corrected chi connectivity index (χ1v) is 11.4. The molecule has 1 unspecified atom stereocenters. The second-order valence-corrected chi connectivity index (χ2v) is 9.60. The summed E-state index contributed by atoms with van der Waals surface area (Å²) in [7, 11) is -3.18. The lowest BCUT2D eigenvalue weighted by molar-refractivity contribution is -0.126. The van der Waals surface area contributed by atoms with Gasteiger partial charge in [-0.15, -0.1) is 0 Å². The number of aryl methyl sites for hydroxylation is 1. The quantitative estimate of drug-likeness (QED) is 0.809. The average Bonchev–Trinajstić information content (AvgIpc) is 2.72. The maximum atomic E-state index is 13.0. The van der Waals surface area contributed by atoms with Crippen LogP contribution in [0.25, 0.3) is 0 Å². The van der Waals surface area contributed by atoms with Crippen LogP contribution in [0.1, 0.15) is 42.5 Å². The number of sulfonamides is 1. The van der Waals surface area contributed by atoms with Gasteiger partial charge in [0.2, 0.25) is 15.9 Å². The summed E-state index contributed by atoms with van der Waals surface area (Å²) in [6.45, 7) is 4.51. The maximum Gasteiger partial charge on any atom is 0.223 e. The number of piperidine rings is 1. The van der Waals surface area contributed by atoms with Gasteiger partial charge in [-0.2, -0.15) is 0 Å². The topological polar surface area (TPSA) is 66.5 Å². The summed E-state index contributed by atoms with van der Waals surface area (Å²) in [6, 6.07) is 17.9. The zero-order valence-electron chi connectivity index (χ0n) is 16.5. The van der Waals surface area contributed by atoms with Crippen LogP contribution in [0.4, 0.5) is 0 Å². The largest absolute Gasteiger partial charge is 0.345 e. The van der Waals surface area contributed by atoms with Gasteiger partial charge in [0, 0.05) is 19.0 Å². The van der Waals surface area contributed by atoms with Crippen molar-refractivity contribution < 1.29 is 13.2 Å². The Morgan fingerprint density at radius 3 is 2.32 bits per heavy atom. The lowest BCUT2D eigenvalue weighted by Gasteiger charge is -2.31. The fourth-order valence-electron chi connectivity index (χ4n) is 3.69. The number of nitrogens with zero attached hydrogens (tertiary/aromatic N) is 1. The molecule has 1 aliphatic rings. The van der Waals surface area contributed by atoms with E-state index in [1.807, 2.05) is 55.5 Å². The molecule has 0 saturated carbocycles. The number of amides is 1. The zero-order valence-corrected chi connectivity index (χ0v) is 17.3. The third kappa shape index (κ3) is 4.80. The van der Waals surface area contributed by atoms with Crippen LogP contribution in [0.5, 0.6) is 0 Å². The molecule has 1 atom stereocenters. The SMILES string of the molecule is CCS(=O)(=O)N1CCC(C(=O)NC(c2ccccc2)c2cccc(C)c2)CC1. The molecule has 2 aromatic carbocycles. The summed E-state index contributed by atoms with van der Waals surface area (Å²) in [5.41, 5.74) is 3.23. The van der Waals surface area contributed by atoms with Crippen LogP contribution < -0.4 is 5.32 Å². The number of nitrogens with one attached hydrogen (secondary N) is 1. The Balaban J connectivity index is 1.74. The Hall–Kier alpha value is -2.18. The van der Waals surface area contributed by atoms with Crippen molar-refractivity contribution in [3.05, 3.63) is 71.3 Å². The van der Waals surface area contributed by atoms with E-state index in [1.54, 1.807) is 6.92 Å². The third-order valence-electron chi connectivity index (χ3n) is 5.38. The molecule has 0 aromatic heterocycles. The summed E-state index contributed by atoms with van der Waals surface area (Å²) in [4.78, 5) is 13.0. The highest BCUT2D eigenvalue weighted by molar-refractivity contribution is 7.89. The first-order chi connectivity index (χ1) is 13.4. The molecule has 150 valence electrons. The van der Waals surface area contributed by atoms with Crippen molar-refractivity contribution in [2.24, 2.45) is 5.92 Å². The molecule has 2 aromatic rings. The number of carbonyl (C=O) groups is 1. The minimum Gasteiger partial charge on any atom is -0.345 e. The van der Waals surface area contributed by atoms with E-state index in [1.165, 1.54) is 4.31 Å². The van der Waals surface area contributed by atoms with Gasteiger partial charge in [0.05, 0.1) is 11.8 Å². The van der Waals surface area contributed by atoms with Gasteiger partial charge in [-0.1, -0.05) is 60.2 Å². The predicted octanol–water partition coefficient (Wildman–Crippen LogP) is 3.26. The van der Waals surface area contributed by atoms with Crippen LogP contribution >= 0.6 is 0 Å². The first kappa shape index (κ1) is 20.6. The molecule has 3 rings (SSSR count). The van der Waals surface area contributed by atoms with Crippen molar-refractivity contribution in [1.29, 1.82) is 0 Å². The molecular formula is C22H28N2O3S. The van der Waals surface area contributed by atoms with E-state index in [0.717, 1.165) is 16.7 Å². The number of hydrogen-bond acceptors (Lipinski definition) is 3. The molecule has 6 heteroatoms. The predicted molar refractivity (Wildman–Crippen MR) is 111 cm³/mol. The van der Waals surface area contributed by atoms with E-state index < -0.39 is 10.0 Å². The normalized spacial score (nSPS) is 17.2. The number of rotatable bonds is 6. The summed E-state index contributed by atoms with van der Waals surface area (Å²) < 4.78 is 25.6. The Morgan fingerprint density at radius 1 is 1.07 bits per heavy atom. The van der Waals surface area contributed by atoms with Crippen molar-refractivity contribution in [3.63, 3.8) is 0 Å². The van der Waals surface area contributed by atoms with E-state index in [2.05, 4.69) is 11.4 Å². The van der Waals surface area contributed by atoms with E-state index in [4.69, 9.17) is 0 Å². The Bertz CT molecular complexity index is 904. The highest BCUT2D eigenvalue weighted by atomic mass is 32.2. The summed E-state index contributed by atoms with van der Waals surface area (Å²) in [5, 5.41) is 3.21. The standard InChI is InChI=1S/C22H28N2O3S/c1-3-28(26,27)24-14-12-19(13-15-24)22(25)23-21(18-9-5-4-6-10-18)20-11-7-8-17(2)16-20/h4-11,16,19,21H,3,12-15H2,1-2H3,(H,23,25). The third-order valence-corrected chi connectivity index (χ3v) is 7.26. The van der Waals surface area contributed by atoms with Gasteiger partial charge < -0.3 is 5.32 Å². The van der Waals surface area contributed by atoms with Crippen LogP contribution in [0, 0.1) is 12.8 Å². The van der Waals surface area contributed by atoms with Gasteiger partial charge in [-0.25, -0.2) is 12.7 Å². The van der Waals surface area contributed by atoms with Gasteiger partial charge in [0.15, 0.2) is 0 Å². The maximum absolute atomic E-state index is 13.0. The van der Waals surface area contributed by atoms with E-state index in [0.29, 0.717) is 25.9 Å². The second-order valence-electron chi connectivity index (χ2n) is 7.34. The molecule has 0 spiro atoms. The molecule has 0 bridgehead atoms. The highest BCUT2D eigenvalue weighted by Gasteiger charge is 2.31. The minimum atomic E-state index is -3.18. The lowest BCUT2D eigenvalue weighted by Crippen LogP contribution is -2.44.